The molecule has 0 bridgehead atoms. The summed E-state index contributed by atoms with van der Waals surface area (Å²) in [6.07, 6.45) is 0.751. The molecule has 6 heteroatoms. The molecule has 2 heterocycles. The van der Waals surface area contributed by atoms with Gasteiger partial charge in [0.05, 0.1) is 15.5 Å². The van der Waals surface area contributed by atoms with Crippen LogP contribution in [0.4, 0.5) is 0 Å². The second kappa shape index (κ2) is 6.83. The van der Waals surface area contributed by atoms with Gasteiger partial charge < -0.3 is 4.90 Å². The summed E-state index contributed by atoms with van der Waals surface area (Å²) in [5.41, 5.74) is 1.03. The van der Waals surface area contributed by atoms with Crippen molar-refractivity contribution in [2.75, 3.05) is 20.1 Å². The highest BCUT2D eigenvalue weighted by Crippen LogP contribution is 2.23. The number of thiophene rings is 1. The Labute approximate surface area is 144 Å². The third-order valence-corrected chi connectivity index (χ3v) is 5.07. The summed E-state index contributed by atoms with van der Waals surface area (Å²) in [5.74, 6) is -0.364. The van der Waals surface area contributed by atoms with Crippen LogP contribution in [0.5, 0.6) is 0 Å². The van der Waals surface area contributed by atoms with Crippen molar-refractivity contribution < 1.29 is 9.59 Å². The van der Waals surface area contributed by atoms with Gasteiger partial charge >= 0.3 is 0 Å². The van der Waals surface area contributed by atoms with Crippen molar-refractivity contribution in [1.82, 2.24) is 9.80 Å². The van der Waals surface area contributed by atoms with Crippen molar-refractivity contribution in [3.8, 4) is 0 Å². The number of halogens is 1. The molecule has 1 aromatic carbocycles. The zero-order valence-corrected chi connectivity index (χ0v) is 14.4. The van der Waals surface area contributed by atoms with Crippen LogP contribution in [-0.4, -0.2) is 41.8 Å². The first kappa shape index (κ1) is 16.2. The van der Waals surface area contributed by atoms with Crippen LogP contribution in [0.25, 0.3) is 0 Å². The van der Waals surface area contributed by atoms with E-state index >= 15 is 0 Å². The highest BCUT2D eigenvalue weighted by atomic mass is 35.5. The summed E-state index contributed by atoms with van der Waals surface area (Å²) >= 11 is 7.50. The maximum absolute atomic E-state index is 12.3. The van der Waals surface area contributed by atoms with E-state index in [0.717, 1.165) is 23.8 Å². The second-order valence-corrected chi connectivity index (χ2v) is 7.40. The minimum Gasteiger partial charge on any atom is -0.301 e. The lowest BCUT2D eigenvalue weighted by Crippen LogP contribution is -2.32. The number of rotatable bonds is 6. The van der Waals surface area contributed by atoms with Gasteiger partial charge in [-0.3, -0.25) is 14.5 Å². The summed E-state index contributed by atoms with van der Waals surface area (Å²) in [4.78, 5) is 29.2. The molecule has 1 aromatic heterocycles. The molecule has 0 N–H and O–H groups in total. The maximum atomic E-state index is 12.3. The summed E-state index contributed by atoms with van der Waals surface area (Å²) in [6, 6.07) is 10.9. The quantitative estimate of drug-likeness (QED) is 0.750. The minimum absolute atomic E-state index is 0.182. The first-order chi connectivity index (χ1) is 11.1. The number of benzene rings is 1. The number of hydrogen-bond donors (Lipinski definition) is 0. The van der Waals surface area contributed by atoms with Gasteiger partial charge in [-0.15, -0.1) is 11.3 Å². The lowest BCUT2D eigenvalue weighted by atomic mass is 10.1. The molecule has 3 rings (SSSR count). The fraction of sp³-hybridized carbons (Fsp3) is 0.294. The van der Waals surface area contributed by atoms with Gasteiger partial charge in [0.25, 0.3) is 11.8 Å². The molecule has 1 aliphatic rings. The maximum Gasteiger partial charge on any atom is 0.261 e. The molecule has 0 fully saturated rings. The first-order valence-corrected chi connectivity index (χ1v) is 8.63. The molecule has 0 atom stereocenters. The van der Waals surface area contributed by atoms with Crippen LogP contribution < -0.4 is 0 Å². The van der Waals surface area contributed by atoms with Gasteiger partial charge in [-0.2, -0.15) is 0 Å². The molecule has 4 nitrogen and oxygen atoms in total. The number of amides is 2. The van der Waals surface area contributed by atoms with Gasteiger partial charge in [-0.1, -0.05) is 23.7 Å². The van der Waals surface area contributed by atoms with Crippen molar-refractivity contribution in [2.45, 2.75) is 13.0 Å². The van der Waals surface area contributed by atoms with E-state index in [1.807, 2.05) is 19.2 Å². The number of nitrogens with zero attached hydrogens (tertiary/aromatic N) is 2. The van der Waals surface area contributed by atoms with E-state index in [4.69, 9.17) is 11.6 Å². The van der Waals surface area contributed by atoms with E-state index in [2.05, 4.69) is 4.90 Å². The number of imide groups is 1. The standard InChI is InChI=1S/C17H17ClN2O2S/c1-19(11-12-7-8-15(18)23-12)9-4-10-20-16(21)13-5-2-3-6-14(13)17(20)22/h2-3,5-8H,4,9-11H2,1H3. The Kier molecular flexibility index (Phi) is 4.80. The van der Waals surface area contributed by atoms with Gasteiger partial charge in [0.15, 0.2) is 0 Å². The predicted molar refractivity (Wildman–Crippen MR) is 92.1 cm³/mol. The van der Waals surface area contributed by atoms with Crippen LogP contribution in [0.2, 0.25) is 4.34 Å². The van der Waals surface area contributed by atoms with Gasteiger partial charge in [-0.25, -0.2) is 0 Å². The minimum atomic E-state index is -0.182. The van der Waals surface area contributed by atoms with E-state index < -0.39 is 0 Å². The zero-order chi connectivity index (χ0) is 16.4. The van der Waals surface area contributed by atoms with Crippen LogP contribution >= 0.6 is 22.9 Å². The molecule has 120 valence electrons. The number of fused-ring (bicyclic) bond motifs is 1. The first-order valence-electron chi connectivity index (χ1n) is 7.44. The Morgan fingerprint density at radius 1 is 1.09 bits per heavy atom. The van der Waals surface area contributed by atoms with Crippen LogP contribution in [0.15, 0.2) is 36.4 Å². The Bertz CT molecular complexity index is 709. The van der Waals surface area contributed by atoms with Crippen molar-refractivity contribution in [3.63, 3.8) is 0 Å². The van der Waals surface area contributed by atoms with Crippen LogP contribution in [0.1, 0.15) is 32.0 Å². The molecule has 0 saturated carbocycles. The van der Waals surface area contributed by atoms with Crippen LogP contribution in [-0.2, 0) is 6.54 Å². The van der Waals surface area contributed by atoms with Crippen LogP contribution in [0.3, 0.4) is 0 Å². The summed E-state index contributed by atoms with van der Waals surface area (Å²) < 4.78 is 0.791. The lowest BCUT2D eigenvalue weighted by molar-refractivity contribution is 0.0648. The van der Waals surface area contributed by atoms with Crippen LogP contribution in [0, 0.1) is 0 Å². The molecule has 1 aliphatic heterocycles. The third-order valence-electron chi connectivity index (χ3n) is 3.85. The Morgan fingerprint density at radius 2 is 1.74 bits per heavy atom. The smallest absolute Gasteiger partial charge is 0.261 e. The van der Waals surface area contributed by atoms with E-state index in [9.17, 15) is 9.59 Å². The van der Waals surface area contributed by atoms with Crippen molar-refractivity contribution >= 4 is 34.8 Å². The van der Waals surface area contributed by atoms with Crippen molar-refractivity contribution in [1.29, 1.82) is 0 Å². The molecular weight excluding hydrogens is 332 g/mol. The normalized spacial score (nSPS) is 14.0. The SMILES string of the molecule is CN(CCCN1C(=O)c2ccccc2C1=O)Cc1ccc(Cl)s1. The van der Waals surface area contributed by atoms with Crippen molar-refractivity contribution in [3.05, 3.63) is 56.7 Å². The molecule has 0 spiro atoms. The Morgan fingerprint density at radius 3 is 2.30 bits per heavy atom. The summed E-state index contributed by atoms with van der Waals surface area (Å²) in [7, 11) is 2.02. The molecular formula is C17H17ClN2O2S. The number of carbonyl (C=O) groups excluding carboxylic acids is 2. The molecule has 23 heavy (non-hydrogen) atoms. The third kappa shape index (κ3) is 3.47. The highest BCUT2D eigenvalue weighted by Gasteiger charge is 2.34. The Balaban J connectivity index is 1.51. The van der Waals surface area contributed by atoms with E-state index in [1.54, 1.807) is 35.6 Å². The summed E-state index contributed by atoms with van der Waals surface area (Å²) in [5, 5.41) is 0. The van der Waals surface area contributed by atoms with Gasteiger partial charge in [-0.05, 0) is 44.3 Å². The van der Waals surface area contributed by atoms with Gasteiger partial charge in [0.1, 0.15) is 0 Å². The van der Waals surface area contributed by atoms with E-state index in [1.165, 1.54) is 9.78 Å². The fourth-order valence-corrected chi connectivity index (χ4v) is 3.89. The van der Waals surface area contributed by atoms with Gasteiger partial charge in [0, 0.05) is 18.0 Å². The molecule has 0 aliphatic carbocycles. The zero-order valence-electron chi connectivity index (χ0n) is 12.8. The largest absolute Gasteiger partial charge is 0.301 e. The monoisotopic (exact) mass is 348 g/mol. The molecule has 0 unspecified atom stereocenters. The van der Waals surface area contributed by atoms with E-state index in [0.29, 0.717) is 17.7 Å². The highest BCUT2D eigenvalue weighted by molar-refractivity contribution is 7.16. The number of hydrogen-bond acceptors (Lipinski definition) is 4. The lowest BCUT2D eigenvalue weighted by Gasteiger charge is -2.18. The predicted octanol–water partition coefficient (Wildman–Crippen LogP) is 3.52. The molecule has 2 amide bonds. The average Bonchev–Trinajstić information content (AvgIpc) is 3.04. The van der Waals surface area contributed by atoms with E-state index in [-0.39, 0.29) is 11.8 Å². The molecule has 0 radical (unpaired) electrons. The molecule has 0 saturated heterocycles. The topological polar surface area (TPSA) is 40.6 Å². The fourth-order valence-electron chi connectivity index (χ4n) is 2.72. The van der Waals surface area contributed by atoms with Gasteiger partial charge in [0.2, 0.25) is 0 Å². The number of carbonyl (C=O) groups is 2. The van der Waals surface area contributed by atoms with Crippen molar-refractivity contribution in [2.24, 2.45) is 0 Å². The second-order valence-electron chi connectivity index (χ2n) is 5.60. The average molecular weight is 349 g/mol. The Hall–Kier alpha value is -1.69. The summed E-state index contributed by atoms with van der Waals surface area (Å²) in [6.45, 7) is 2.07. The molecule has 2 aromatic rings.